The SMILES string of the molecule is CC1CCN(c2ncc3c4c(c(-c5ncc(F)c6sc(N)c(C#N)c56)c(F)c3n2)COC4)C1.CCCC1CC1. The van der Waals surface area contributed by atoms with Crippen molar-refractivity contribution in [1.82, 2.24) is 15.0 Å². The fraction of sp³-hybridized carbons (Fsp3) is 0.448. The minimum absolute atomic E-state index is 0.0959. The summed E-state index contributed by atoms with van der Waals surface area (Å²) in [7, 11) is 0. The molecule has 39 heavy (non-hydrogen) atoms. The van der Waals surface area contributed by atoms with Gasteiger partial charge in [0.2, 0.25) is 5.95 Å². The molecule has 7 nitrogen and oxygen atoms in total. The molecular weight excluding hydrogens is 518 g/mol. The van der Waals surface area contributed by atoms with Crippen LogP contribution in [-0.4, -0.2) is 28.0 Å². The molecule has 0 radical (unpaired) electrons. The lowest BCUT2D eigenvalue weighted by Crippen LogP contribution is -2.21. The minimum Gasteiger partial charge on any atom is -0.389 e. The summed E-state index contributed by atoms with van der Waals surface area (Å²) in [6.45, 7) is 6.50. The first-order valence-corrected chi connectivity index (χ1v) is 14.3. The lowest BCUT2D eigenvalue weighted by Gasteiger charge is -2.18. The Hall–Kier alpha value is -3.42. The molecule has 4 aromatic rings. The molecule has 1 saturated heterocycles. The Morgan fingerprint density at radius 2 is 1.97 bits per heavy atom. The Labute approximate surface area is 229 Å². The van der Waals surface area contributed by atoms with Gasteiger partial charge in [-0.15, -0.1) is 11.3 Å². The molecule has 1 unspecified atom stereocenters. The van der Waals surface area contributed by atoms with Gasteiger partial charge in [-0.2, -0.15) is 5.26 Å². The summed E-state index contributed by atoms with van der Waals surface area (Å²) in [6, 6.07) is 2.02. The van der Waals surface area contributed by atoms with Gasteiger partial charge in [-0.3, -0.25) is 4.98 Å². The number of nitrogens with two attached hydrogens (primary N) is 1. The lowest BCUT2D eigenvalue weighted by atomic mass is 9.94. The molecule has 0 bridgehead atoms. The molecule has 1 saturated carbocycles. The van der Waals surface area contributed by atoms with Gasteiger partial charge in [0.25, 0.3) is 0 Å². The molecule has 0 spiro atoms. The second-order valence-corrected chi connectivity index (χ2v) is 11.8. The number of nitriles is 1. The van der Waals surface area contributed by atoms with Gasteiger partial charge in [-0.05, 0) is 29.4 Å². The van der Waals surface area contributed by atoms with Crippen molar-refractivity contribution in [2.24, 2.45) is 11.8 Å². The Morgan fingerprint density at radius 1 is 1.18 bits per heavy atom. The number of benzene rings is 1. The van der Waals surface area contributed by atoms with Crippen molar-refractivity contribution in [1.29, 1.82) is 5.26 Å². The summed E-state index contributed by atoms with van der Waals surface area (Å²) in [5.41, 5.74) is 7.98. The normalized spacial score (nSPS) is 18.3. The molecule has 7 rings (SSSR count). The molecule has 202 valence electrons. The van der Waals surface area contributed by atoms with E-state index in [1.807, 2.05) is 6.07 Å². The van der Waals surface area contributed by atoms with E-state index >= 15 is 4.39 Å². The number of ether oxygens (including phenoxy) is 1. The van der Waals surface area contributed by atoms with Gasteiger partial charge in [-0.25, -0.2) is 18.7 Å². The van der Waals surface area contributed by atoms with Gasteiger partial charge < -0.3 is 15.4 Å². The number of pyridine rings is 1. The number of hydrogen-bond donors (Lipinski definition) is 1. The predicted molar refractivity (Wildman–Crippen MR) is 149 cm³/mol. The van der Waals surface area contributed by atoms with E-state index in [0.717, 1.165) is 48.5 Å². The first-order valence-electron chi connectivity index (χ1n) is 13.5. The maximum atomic E-state index is 16.2. The van der Waals surface area contributed by atoms with Crippen LogP contribution in [0.1, 0.15) is 62.6 Å². The van der Waals surface area contributed by atoms with Crippen LogP contribution in [0.3, 0.4) is 0 Å². The van der Waals surface area contributed by atoms with E-state index in [4.69, 9.17) is 10.5 Å². The summed E-state index contributed by atoms with van der Waals surface area (Å²) >= 11 is 0.955. The Morgan fingerprint density at radius 3 is 2.64 bits per heavy atom. The zero-order chi connectivity index (χ0) is 27.3. The number of halogens is 2. The van der Waals surface area contributed by atoms with Gasteiger partial charge in [0, 0.05) is 35.6 Å². The van der Waals surface area contributed by atoms with E-state index in [-0.39, 0.29) is 50.6 Å². The maximum Gasteiger partial charge on any atom is 0.225 e. The second kappa shape index (κ2) is 10.3. The quantitative estimate of drug-likeness (QED) is 0.302. The molecule has 2 fully saturated rings. The molecule has 2 aliphatic heterocycles. The number of rotatable bonds is 4. The van der Waals surface area contributed by atoms with Crippen molar-refractivity contribution in [3.63, 3.8) is 0 Å². The molecule has 1 atom stereocenters. The molecular formula is C29H30F2N6OS. The molecule has 0 amide bonds. The Kier molecular flexibility index (Phi) is 6.81. The third kappa shape index (κ3) is 4.57. The fourth-order valence-corrected chi connectivity index (χ4v) is 6.54. The monoisotopic (exact) mass is 548 g/mol. The molecule has 2 N–H and O–H groups in total. The fourth-order valence-electron chi connectivity index (χ4n) is 5.62. The van der Waals surface area contributed by atoms with Crippen LogP contribution in [0.2, 0.25) is 0 Å². The van der Waals surface area contributed by atoms with Crippen LogP contribution in [-0.2, 0) is 18.0 Å². The van der Waals surface area contributed by atoms with Crippen molar-refractivity contribution in [3.8, 4) is 17.3 Å². The highest BCUT2D eigenvalue weighted by Crippen LogP contribution is 2.45. The van der Waals surface area contributed by atoms with Gasteiger partial charge >= 0.3 is 0 Å². The highest BCUT2D eigenvalue weighted by Gasteiger charge is 2.30. The van der Waals surface area contributed by atoms with Crippen molar-refractivity contribution < 1.29 is 13.5 Å². The topological polar surface area (TPSA) is 101 Å². The van der Waals surface area contributed by atoms with Crippen LogP contribution in [0.25, 0.3) is 32.2 Å². The number of aromatic nitrogens is 3. The van der Waals surface area contributed by atoms with Crippen LogP contribution in [0, 0.1) is 34.8 Å². The highest BCUT2D eigenvalue weighted by molar-refractivity contribution is 7.23. The van der Waals surface area contributed by atoms with E-state index in [1.54, 1.807) is 6.20 Å². The minimum atomic E-state index is -0.603. The standard InChI is InChI=1S/C23H18F2N6OS.C6H12/c1-10-2-3-31(7-10)23-29-5-12-13-8-32-9-14(13)16(18(25)19(12)30-23)20-17-11(4-26)22(27)33-21(17)15(24)6-28-20;1-2-3-6-4-5-6/h5-6,10H,2-3,7-9,27H2,1H3;6H,2-5H2,1H3. The summed E-state index contributed by atoms with van der Waals surface area (Å²) in [6.07, 6.45) is 9.64. The first-order chi connectivity index (χ1) is 18.9. The van der Waals surface area contributed by atoms with Crippen LogP contribution >= 0.6 is 11.3 Å². The third-order valence-electron chi connectivity index (χ3n) is 7.83. The number of anilines is 2. The Balaban J connectivity index is 0.000000410. The second-order valence-electron chi connectivity index (χ2n) is 10.8. The zero-order valence-corrected chi connectivity index (χ0v) is 22.9. The van der Waals surface area contributed by atoms with E-state index in [2.05, 4.69) is 33.7 Å². The van der Waals surface area contributed by atoms with Crippen molar-refractivity contribution in [2.75, 3.05) is 23.7 Å². The summed E-state index contributed by atoms with van der Waals surface area (Å²) in [5.74, 6) is 0.955. The van der Waals surface area contributed by atoms with Gasteiger partial charge in [0.05, 0.1) is 35.4 Å². The number of nitrogens with zero attached hydrogens (tertiary/aromatic N) is 5. The molecule has 5 heterocycles. The van der Waals surface area contributed by atoms with Gasteiger partial charge in [0.1, 0.15) is 16.6 Å². The number of thiophene rings is 1. The molecule has 1 aliphatic carbocycles. The molecule has 1 aromatic carbocycles. The Bertz CT molecular complexity index is 1630. The van der Waals surface area contributed by atoms with Crippen molar-refractivity contribution >= 4 is 43.3 Å². The highest BCUT2D eigenvalue weighted by atomic mass is 32.1. The van der Waals surface area contributed by atoms with E-state index in [9.17, 15) is 9.65 Å². The number of nitrogen functional groups attached to an aromatic ring is 1. The summed E-state index contributed by atoms with van der Waals surface area (Å²) < 4.78 is 36.6. The predicted octanol–water partition coefficient (Wildman–Crippen LogP) is 6.71. The van der Waals surface area contributed by atoms with Crippen molar-refractivity contribution in [2.45, 2.75) is 59.2 Å². The van der Waals surface area contributed by atoms with E-state index in [1.165, 1.54) is 25.7 Å². The maximum absolute atomic E-state index is 16.2. The molecule has 3 aromatic heterocycles. The van der Waals surface area contributed by atoms with Crippen LogP contribution in [0.5, 0.6) is 0 Å². The number of hydrogen-bond acceptors (Lipinski definition) is 8. The zero-order valence-electron chi connectivity index (χ0n) is 22.1. The number of fused-ring (bicyclic) bond motifs is 4. The summed E-state index contributed by atoms with van der Waals surface area (Å²) in [4.78, 5) is 15.4. The van der Waals surface area contributed by atoms with Crippen LogP contribution in [0.15, 0.2) is 12.4 Å². The summed E-state index contributed by atoms with van der Waals surface area (Å²) in [5, 5.41) is 10.6. The van der Waals surface area contributed by atoms with Crippen molar-refractivity contribution in [3.05, 3.63) is 40.7 Å². The average Bonchev–Trinajstić information content (AvgIpc) is 3.29. The molecule has 10 heteroatoms. The van der Waals surface area contributed by atoms with Crippen LogP contribution < -0.4 is 10.6 Å². The largest absolute Gasteiger partial charge is 0.389 e. The average molecular weight is 549 g/mol. The molecule has 3 aliphatic rings. The smallest absolute Gasteiger partial charge is 0.225 e. The van der Waals surface area contributed by atoms with E-state index < -0.39 is 11.6 Å². The van der Waals surface area contributed by atoms with Gasteiger partial charge in [0.15, 0.2) is 11.6 Å². The third-order valence-corrected chi connectivity index (χ3v) is 8.86. The van der Waals surface area contributed by atoms with Gasteiger partial charge in [-0.1, -0.05) is 39.5 Å². The van der Waals surface area contributed by atoms with Crippen LogP contribution in [0.4, 0.5) is 19.7 Å². The van der Waals surface area contributed by atoms with E-state index in [0.29, 0.717) is 22.8 Å². The lowest BCUT2D eigenvalue weighted by molar-refractivity contribution is 0.135. The first kappa shape index (κ1) is 25.8.